The molecule has 0 heterocycles. The van der Waals surface area contributed by atoms with Gasteiger partial charge in [0.25, 0.3) is 0 Å². The first kappa shape index (κ1) is 13.4. The van der Waals surface area contributed by atoms with Crippen LogP contribution in [0.5, 0.6) is 11.5 Å². The molecule has 2 rings (SSSR count). The van der Waals surface area contributed by atoms with Crippen molar-refractivity contribution in [1.82, 2.24) is 0 Å². The molecule has 0 fully saturated rings. The first-order valence-corrected chi connectivity index (χ1v) is 6.34. The van der Waals surface area contributed by atoms with Gasteiger partial charge < -0.3 is 15.6 Å². The maximum absolute atomic E-state index is 11.0. The number of nitrogen functional groups attached to an aromatic ring is 1. The molecule has 19 heavy (non-hydrogen) atoms. The van der Waals surface area contributed by atoms with Crippen molar-refractivity contribution in [2.75, 3.05) is 5.73 Å². The molecule has 0 amide bonds. The highest BCUT2D eigenvalue weighted by atomic mass is 79.9. The molecule has 0 atom stereocenters. The van der Waals surface area contributed by atoms with Crippen LogP contribution in [0.3, 0.4) is 0 Å². The topological polar surface area (TPSA) is 72.5 Å². The molecule has 0 saturated carbocycles. The van der Waals surface area contributed by atoms with E-state index in [1.54, 1.807) is 18.2 Å². The van der Waals surface area contributed by atoms with Crippen molar-refractivity contribution in [1.29, 1.82) is 0 Å². The molecule has 2 aromatic carbocycles. The van der Waals surface area contributed by atoms with Crippen molar-refractivity contribution < 1.29 is 14.6 Å². The molecule has 0 radical (unpaired) electrons. The average molecular weight is 322 g/mol. The van der Waals surface area contributed by atoms with E-state index in [0.717, 1.165) is 10.0 Å². The summed E-state index contributed by atoms with van der Waals surface area (Å²) in [6, 6.07) is 10.2. The summed E-state index contributed by atoms with van der Waals surface area (Å²) >= 11 is 3.40. The number of aromatic carboxylic acids is 1. The number of carboxylic acid groups (broad SMARTS) is 1. The molecule has 0 spiro atoms. The lowest BCUT2D eigenvalue weighted by molar-refractivity contribution is 0.0697. The Morgan fingerprint density at radius 1 is 1.32 bits per heavy atom. The summed E-state index contributed by atoms with van der Waals surface area (Å²) in [6.45, 7) is 1.94. The summed E-state index contributed by atoms with van der Waals surface area (Å²) < 4.78 is 6.61. The largest absolute Gasteiger partial charge is 0.478 e. The van der Waals surface area contributed by atoms with Crippen LogP contribution in [0.1, 0.15) is 15.9 Å². The monoisotopic (exact) mass is 321 g/mol. The molecule has 0 aromatic heterocycles. The molecular formula is C14H12BrNO3. The minimum atomic E-state index is -1.07. The van der Waals surface area contributed by atoms with E-state index < -0.39 is 5.97 Å². The lowest BCUT2D eigenvalue weighted by Gasteiger charge is -2.11. The second-order valence-corrected chi connectivity index (χ2v) is 4.89. The molecule has 0 unspecified atom stereocenters. The van der Waals surface area contributed by atoms with Crippen LogP contribution >= 0.6 is 15.9 Å². The molecule has 3 N–H and O–H groups in total. The number of benzene rings is 2. The zero-order valence-electron chi connectivity index (χ0n) is 10.2. The van der Waals surface area contributed by atoms with Crippen LogP contribution in [0.2, 0.25) is 0 Å². The molecule has 2 aromatic rings. The molecule has 5 heteroatoms. The number of carbonyl (C=O) groups is 1. The number of halogens is 1. The SMILES string of the molecule is Cc1cc(Oc2cccc(C(=O)O)c2N)ccc1Br. The maximum atomic E-state index is 11.0. The number of para-hydroxylation sites is 1. The van der Waals surface area contributed by atoms with Crippen molar-refractivity contribution >= 4 is 27.6 Å². The van der Waals surface area contributed by atoms with Crippen LogP contribution in [0, 0.1) is 6.92 Å². The quantitative estimate of drug-likeness (QED) is 0.843. The number of rotatable bonds is 3. The standard InChI is InChI=1S/C14H12BrNO3/c1-8-7-9(5-6-11(8)15)19-12-4-2-3-10(13(12)16)14(17)18/h2-7H,16H2,1H3,(H,17,18). The molecule has 0 aliphatic carbocycles. The van der Waals surface area contributed by atoms with E-state index in [0.29, 0.717) is 11.5 Å². The second-order valence-electron chi connectivity index (χ2n) is 4.04. The summed E-state index contributed by atoms with van der Waals surface area (Å²) in [5.74, 6) is -0.133. The van der Waals surface area contributed by atoms with Gasteiger partial charge in [-0.15, -0.1) is 0 Å². The lowest BCUT2D eigenvalue weighted by Crippen LogP contribution is -2.03. The van der Waals surface area contributed by atoms with Gasteiger partial charge >= 0.3 is 5.97 Å². The molecule has 0 bridgehead atoms. The van der Waals surface area contributed by atoms with Crippen molar-refractivity contribution in [2.45, 2.75) is 6.92 Å². The number of hydrogen-bond acceptors (Lipinski definition) is 3. The van der Waals surface area contributed by atoms with Crippen molar-refractivity contribution in [3.63, 3.8) is 0 Å². The van der Waals surface area contributed by atoms with Crippen LogP contribution in [0.25, 0.3) is 0 Å². The van der Waals surface area contributed by atoms with E-state index in [2.05, 4.69) is 15.9 Å². The van der Waals surface area contributed by atoms with Crippen molar-refractivity contribution in [3.05, 3.63) is 52.0 Å². The van der Waals surface area contributed by atoms with E-state index >= 15 is 0 Å². The first-order valence-electron chi connectivity index (χ1n) is 5.55. The molecule has 4 nitrogen and oxygen atoms in total. The fourth-order valence-corrected chi connectivity index (χ4v) is 1.87. The van der Waals surface area contributed by atoms with Gasteiger partial charge in [0.15, 0.2) is 5.75 Å². The number of nitrogens with two attached hydrogens (primary N) is 1. The summed E-state index contributed by atoms with van der Waals surface area (Å²) in [4.78, 5) is 11.0. The Morgan fingerprint density at radius 2 is 2.05 bits per heavy atom. The third-order valence-corrected chi connectivity index (χ3v) is 3.54. The fourth-order valence-electron chi connectivity index (χ4n) is 1.63. The second kappa shape index (κ2) is 5.32. The summed E-state index contributed by atoms with van der Waals surface area (Å²) in [7, 11) is 0. The Labute approximate surface area is 118 Å². The van der Waals surface area contributed by atoms with Crippen LogP contribution in [0.15, 0.2) is 40.9 Å². The molecular weight excluding hydrogens is 310 g/mol. The first-order chi connectivity index (χ1) is 8.99. The molecule has 0 aliphatic rings. The Morgan fingerprint density at radius 3 is 2.68 bits per heavy atom. The molecule has 0 aliphatic heterocycles. The normalized spacial score (nSPS) is 10.2. The van der Waals surface area contributed by atoms with Gasteiger partial charge in [-0.25, -0.2) is 4.79 Å². The zero-order valence-corrected chi connectivity index (χ0v) is 11.8. The number of aryl methyl sites for hydroxylation is 1. The lowest BCUT2D eigenvalue weighted by atomic mass is 10.1. The third kappa shape index (κ3) is 2.88. The number of carboxylic acids is 1. The maximum Gasteiger partial charge on any atom is 0.337 e. The fraction of sp³-hybridized carbons (Fsp3) is 0.0714. The van der Waals surface area contributed by atoms with Crippen LogP contribution in [0.4, 0.5) is 5.69 Å². The highest BCUT2D eigenvalue weighted by Gasteiger charge is 2.12. The predicted molar refractivity (Wildman–Crippen MR) is 76.8 cm³/mol. The third-order valence-electron chi connectivity index (χ3n) is 2.65. The zero-order chi connectivity index (χ0) is 14.0. The highest BCUT2D eigenvalue weighted by Crippen LogP contribution is 2.31. The van der Waals surface area contributed by atoms with Gasteiger partial charge in [-0.3, -0.25) is 0 Å². The van der Waals surface area contributed by atoms with Gasteiger partial charge in [-0.2, -0.15) is 0 Å². The van der Waals surface area contributed by atoms with Gasteiger partial charge in [-0.1, -0.05) is 22.0 Å². The van der Waals surface area contributed by atoms with Gasteiger partial charge in [0.05, 0.1) is 11.3 Å². The smallest absolute Gasteiger partial charge is 0.337 e. The Kier molecular flexibility index (Phi) is 3.76. The highest BCUT2D eigenvalue weighted by molar-refractivity contribution is 9.10. The van der Waals surface area contributed by atoms with Gasteiger partial charge in [0.2, 0.25) is 0 Å². The Bertz CT molecular complexity index is 641. The van der Waals surface area contributed by atoms with Crippen molar-refractivity contribution in [2.24, 2.45) is 0 Å². The number of anilines is 1. The Hall–Kier alpha value is -2.01. The van der Waals surface area contributed by atoms with E-state index in [-0.39, 0.29) is 11.3 Å². The van der Waals surface area contributed by atoms with Gasteiger partial charge in [-0.05, 0) is 42.8 Å². The molecule has 0 saturated heterocycles. The number of hydrogen-bond donors (Lipinski definition) is 2. The van der Waals surface area contributed by atoms with Gasteiger partial charge in [0, 0.05) is 4.47 Å². The van der Waals surface area contributed by atoms with E-state index in [4.69, 9.17) is 15.6 Å². The van der Waals surface area contributed by atoms with E-state index in [1.165, 1.54) is 6.07 Å². The minimum Gasteiger partial charge on any atom is -0.478 e. The predicted octanol–water partition coefficient (Wildman–Crippen LogP) is 3.83. The summed E-state index contributed by atoms with van der Waals surface area (Å²) in [5, 5.41) is 8.99. The summed E-state index contributed by atoms with van der Waals surface area (Å²) in [6.07, 6.45) is 0. The molecule has 98 valence electrons. The van der Waals surface area contributed by atoms with Crippen LogP contribution in [-0.4, -0.2) is 11.1 Å². The Balaban J connectivity index is 2.35. The van der Waals surface area contributed by atoms with Crippen LogP contribution < -0.4 is 10.5 Å². The van der Waals surface area contributed by atoms with E-state index in [9.17, 15) is 4.79 Å². The summed E-state index contributed by atoms with van der Waals surface area (Å²) in [5.41, 5.74) is 6.96. The van der Waals surface area contributed by atoms with Crippen molar-refractivity contribution in [3.8, 4) is 11.5 Å². The van der Waals surface area contributed by atoms with Crippen LogP contribution in [-0.2, 0) is 0 Å². The minimum absolute atomic E-state index is 0.0336. The van der Waals surface area contributed by atoms with Gasteiger partial charge in [0.1, 0.15) is 5.75 Å². The van der Waals surface area contributed by atoms with E-state index in [1.807, 2.05) is 19.1 Å². The number of ether oxygens (including phenoxy) is 1. The average Bonchev–Trinajstić information content (AvgIpc) is 2.36.